The molecule has 6 N–H and O–H groups in total. The number of aromatic hydroxyl groups is 2. The van der Waals surface area contributed by atoms with Gasteiger partial charge in [-0.1, -0.05) is 6.07 Å². The van der Waals surface area contributed by atoms with Gasteiger partial charge < -0.3 is 49.8 Å². The maximum absolute atomic E-state index is 14.5. The Morgan fingerprint density at radius 1 is 0.979 bits per heavy atom. The van der Waals surface area contributed by atoms with Crippen LogP contribution in [-0.2, 0) is 31.0 Å². The van der Waals surface area contributed by atoms with E-state index in [2.05, 4.69) is 5.32 Å². The predicted octanol–water partition coefficient (Wildman–Crippen LogP) is 0.125. The number of methoxy groups -OCH3 is 3. The van der Waals surface area contributed by atoms with Crippen LogP contribution in [0.3, 0.4) is 0 Å². The molecule has 1 heterocycles. The number of benzene rings is 2. The van der Waals surface area contributed by atoms with Gasteiger partial charge in [0.1, 0.15) is 35.4 Å². The molecule has 6 rings (SSSR count). The van der Waals surface area contributed by atoms with E-state index in [1.807, 2.05) is 0 Å². The monoisotopic (exact) mass is 667 g/mol. The number of Topliss-reactive ketones (excluding diaryl/α,β-unsaturated/α-hetero) is 3. The van der Waals surface area contributed by atoms with Gasteiger partial charge in [0, 0.05) is 37.0 Å². The summed E-state index contributed by atoms with van der Waals surface area (Å²) in [7, 11) is 3.37. The van der Waals surface area contributed by atoms with Crippen molar-refractivity contribution < 1.29 is 68.5 Å². The van der Waals surface area contributed by atoms with Crippen LogP contribution in [0, 0.1) is 6.92 Å². The zero-order valence-electron chi connectivity index (χ0n) is 26.4. The lowest BCUT2D eigenvalue weighted by Crippen LogP contribution is -2.67. The van der Waals surface area contributed by atoms with Crippen LogP contribution in [0.5, 0.6) is 11.5 Å². The maximum atomic E-state index is 14.5. The van der Waals surface area contributed by atoms with Gasteiger partial charge >= 0.3 is 5.97 Å². The van der Waals surface area contributed by atoms with Crippen molar-refractivity contribution in [1.82, 2.24) is 5.32 Å². The molecule has 1 saturated heterocycles. The third-order valence-electron chi connectivity index (χ3n) is 9.89. The molecule has 4 aliphatic rings. The topological polar surface area (TPSA) is 235 Å². The second kappa shape index (κ2) is 11.3. The third-order valence-corrected chi connectivity index (χ3v) is 9.89. The molecule has 1 fully saturated rings. The summed E-state index contributed by atoms with van der Waals surface area (Å²) in [6.45, 7) is 2.99. The molecule has 2 aromatic rings. The van der Waals surface area contributed by atoms with E-state index in [0.29, 0.717) is 0 Å². The number of ether oxygens (including phenoxy) is 4. The van der Waals surface area contributed by atoms with E-state index in [9.17, 15) is 49.5 Å². The van der Waals surface area contributed by atoms with Gasteiger partial charge in [-0.05, 0) is 43.9 Å². The Balaban J connectivity index is 1.51. The van der Waals surface area contributed by atoms with Crippen LogP contribution >= 0.6 is 0 Å². The third kappa shape index (κ3) is 4.18. The van der Waals surface area contributed by atoms with E-state index in [4.69, 9.17) is 18.9 Å². The molecule has 0 bridgehead atoms. The molecule has 7 atom stereocenters. The van der Waals surface area contributed by atoms with Crippen LogP contribution in [0.15, 0.2) is 23.9 Å². The highest BCUT2D eigenvalue weighted by atomic mass is 16.6. The highest BCUT2D eigenvalue weighted by molar-refractivity contribution is 6.30. The number of aliphatic hydroxyl groups excluding tert-OH is 2. The fourth-order valence-electron chi connectivity index (χ4n) is 7.44. The predicted molar refractivity (Wildman–Crippen MR) is 160 cm³/mol. The average molecular weight is 668 g/mol. The molecule has 3 aliphatic carbocycles. The number of aliphatic hydroxyl groups is 3. The molecule has 15 heteroatoms. The minimum absolute atomic E-state index is 0.00732. The number of allylic oxidation sites excluding steroid dienone is 2. The summed E-state index contributed by atoms with van der Waals surface area (Å²) >= 11 is 0. The first-order valence-corrected chi connectivity index (χ1v) is 14.9. The van der Waals surface area contributed by atoms with Gasteiger partial charge in [-0.3, -0.25) is 19.2 Å². The van der Waals surface area contributed by atoms with Crippen molar-refractivity contribution in [1.29, 1.82) is 0 Å². The van der Waals surface area contributed by atoms with Crippen molar-refractivity contribution in [2.24, 2.45) is 0 Å². The summed E-state index contributed by atoms with van der Waals surface area (Å²) in [4.78, 5) is 68.7. The molecule has 48 heavy (non-hydrogen) atoms. The first-order valence-electron chi connectivity index (χ1n) is 14.9. The van der Waals surface area contributed by atoms with Crippen molar-refractivity contribution in [3.63, 3.8) is 0 Å². The first kappa shape index (κ1) is 33.4. The number of fused-ring (bicyclic) bond motifs is 5. The number of esters is 1. The number of nitrogens with one attached hydrogen (secondary N) is 1. The number of rotatable bonds is 5. The maximum Gasteiger partial charge on any atom is 0.341 e. The Labute approximate surface area is 272 Å². The van der Waals surface area contributed by atoms with Crippen molar-refractivity contribution in [2.45, 2.75) is 68.5 Å². The van der Waals surface area contributed by atoms with Crippen molar-refractivity contribution >= 4 is 29.1 Å². The normalized spacial score (nSPS) is 30.9. The fraction of sp³-hybridized carbons (Fsp3) is 0.424. The molecule has 2 aromatic carbocycles. The zero-order valence-corrected chi connectivity index (χ0v) is 26.4. The summed E-state index contributed by atoms with van der Waals surface area (Å²) in [5.74, 6) is -6.98. The van der Waals surface area contributed by atoms with Crippen LogP contribution < -0.4 is 5.32 Å². The van der Waals surface area contributed by atoms with Gasteiger partial charge in [0.05, 0.1) is 30.0 Å². The van der Waals surface area contributed by atoms with Gasteiger partial charge in [-0.25, -0.2) is 4.79 Å². The quantitative estimate of drug-likeness (QED) is 0.232. The van der Waals surface area contributed by atoms with Gasteiger partial charge in [0.15, 0.2) is 23.2 Å². The fourth-order valence-corrected chi connectivity index (χ4v) is 7.44. The van der Waals surface area contributed by atoms with Crippen LogP contribution in [0.25, 0.3) is 0 Å². The number of hydrogen-bond acceptors (Lipinski definition) is 15. The molecule has 0 radical (unpaired) electrons. The molecule has 254 valence electrons. The van der Waals surface area contributed by atoms with Crippen molar-refractivity contribution in [2.75, 3.05) is 21.3 Å². The van der Waals surface area contributed by atoms with E-state index in [1.165, 1.54) is 27.0 Å². The Morgan fingerprint density at radius 2 is 1.67 bits per heavy atom. The number of aryl methyl sites for hydroxylation is 2. The summed E-state index contributed by atoms with van der Waals surface area (Å²) < 4.78 is 21.3. The van der Waals surface area contributed by atoms with Gasteiger partial charge in [0.25, 0.3) is 0 Å². The highest BCUT2D eigenvalue weighted by Gasteiger charge is 2.69. The Bertz CT molecular complexity index is 1860. The lowest BCUT2D eigenvalue weighted by atomic mass is 9.57. The lowest BCUT2D eigenvalue weighted by molar-refractivity contribution is -0.229. The molecule has 0 unspecified atom stereocenters. The Hall–Kier alpha value is -4.51. The summed E-state index contributed by atoms with van der Waals surface area (Å²) in [5.41, 5.74) is -8.48. The van der Waals surface area contributed by atoms with E-state index in [-0.39, 0.29) is 35.2 Å². The van der Waals surface area contributed by atoms with Crippen molar-refractivity contribution in [3.05, 3.63) is 68.4 Å². The molecule has 0 saturated carbocycles. The summed E-state index contributed by atoms with van der Waals surface area (Å²) in [6.07, 6.45) is -5.55. The number of hydrogen-bond donors (Lipinski definition) is 6. The smallest absolute Gasteiger partial charge is 0.341 e. The van der Waals surface area contributed by atoms with E-state index < -0.39 is 110 Å². The number of carbonyl (C=O) groups is 5. The van der Waals surface area contributed by atoms with Gasteiger partial charge in [-0.15, -0.1) is 0 Å². The molecule has 15 nitrogen and oxygen atoms in total. The number of ketones is 4. The zero-order chi connectivity index (χ0) is 35.2. The minimum atomic E-state index is -2.96. The molecule has 0 spiro atoms. The molecule has 1 aliphatic heterocycles. The van der Waals surface area contributed by atoms with Crippen LogP contribution in [0.4, 0.5) is 0 Å². The second-order valence-electron chi connectivity index (χ2n) is 12.3. The standard InChI is InChI=1S/C33H33NO14/c1-11-8-13-6-7-32(47-5)29(42)20-15(28(41)33(32,44)21(13)25(39)18(11)31(43)46-4)9-14-19(24(20)38)17(35)10-16(23(14)37)34-30-27(45-3)26(40)22(36)12(2)48-30/h8-10,12,22,26-27,30,34,36,38-40,44H,6-7H2,1-5H3/t12-,22-,26-,27+,30-,32-,33+/m0/s1. The Kier molecular flexibility index (Phi) is 7.85. The SMILES string of the molecule is COC(=O)c1c(C)cc2c(c1O)[C@@]1(O)C(=O)c3cc4c(c(O)c3C(=O)[C@@]1(OC)CC2)C(=O)C=C(N[C@H]1O[C@@H](C)[C@H](O)[C@H](O)[C@H]1OC)C4=O. The summed E-state index contributed by atoms with van der Waals surface area (Å²) in [5, 5.41) is 58.6. The number of carbonyl (C=O) groups excluding carboxylic acids is 5. The van der Waals surface area contributed by atoms with E-state index >= 15 is 0 Å². The number of phenolic OH excluding ortho intramolecular Hbond substituents is 2. The molecular weight excluding hydrogens is 634 g/mol. The Morgan fingerprint density at radius 3 is 2.29 bits per heavy atom. The summed E-state index contributed by atoms with van der Waals surface area (Å²) in [6, 6.07) is 2.37. The largest absolute Gasteiger partial charge is 0.507 e. The van der Waals surface area contributed by atoms with Crippen molar-refractivity contribution in [3.8, 4) is 11.5 Å². The number of phenols is 2. The molecular formula is C33H33NO14. The highest BCUT2D eigenvalue weighted by Crippen LogP contribution is 2.56. The second-order valence-corrected chi connectivity index (χ2v) is 12.3. The van der Waals surface area contributed by atoms with E-state index in [0.717, 1.165) is 26.4 Å². The van der Waals surface area contributed by atoms with Gasteiger partial charge in [0.2, 0.25) is 17.3 Å². The average Bonchev–Trinajstić information content (AvgIpc) is 3.04. The van der Waals surface area contributed by atoms with Gasteiger partial charge in [-0.2, -0.15) is 0 Å². The minimum Gasteiger partial charge on any atom is -0.507 e. The molecule has 0 aromatic heterocycles. The van der Waals surface area contributed by atoms with Crippen LogP contribution in [-0.4, -0.2) is 112 Å². The first-order chi connectivity index (χ1) is 22.6. The molecule has 0 amide bonds. The van der Waals surface area contributed by atoms with Crippen LogP contribution in [0.1, 0.15) is 81.8 Å². The van der Waals surface area contributed by atoms with E-state index in [1.54, 1.807) is 0 Å². The van der Waals surface area contributed by atoms with Crippen LogP contribution in [0.2, 0.25) is 0 Å². The lowest BCUT2D eigenvalue weighted by Gasteiger charge is -2.50.